The van der Waals surface area contributed by atoms with Crippen LogP contribution in [0.1, 0.15) is 31.9 Å². The fourth-order valence-corrected chi connectivity index (χ4v) is 1.62. The van der Waals surface area contributed by atoms with E-state index in [2.05, 4.69) is 43.5 Å². The van der Waals surface area contributed by atoms with E-state index >= 15 is 0 Å². The molecule has 1 aromatic carbocycles. The van der Waals surface area contributed by atoms with Crippen molar-refractivity contribution in [1.82, 2.24) is 10.6 Å². The number of carbonyl (C=O) groups excluding carboxylic acids is 1. The summed E-state index contributed by atoms with van der Waals surface area (Å²) in [6, 6.07) is 8.05. The van der Waals surface area contributed by atoms with E-state index < -0.39 is 0 Å². The Balaban J connectivity index is 2.39. The summed E-state index contributed by atoms with van der Waals surface area (Å²) in [5.41, 5.74) is 2.49. The Morgan fingerprint density at radius 1 is 1.22 bits per heavy atom. The van der Waals surface area contributed by atoms with Crippen LogP contribution in [0, 0.1) is 12.8 Å². The van der Waals surface area contributed by atoms with Crippen LogP contribution in [0.3, 0.4) is 0 Å². The number of hydrogen-bond acceptors (Lipinski definition) is 2. The number of nitrogens with one attached hydrogen (secondary N) is 2. The zero-order chi connectivity index (χ0) is 13.5. The summed E-state index contributed by atoms with van der Waals surface area (Å²) in [6.07, 6.45) is 0. The van der Waals surface area contributed by atoms with E-state index in [1.54, 1.807) is 0 Å². The van der Waals surface area contributed by atoms with Crippen LogP contribution < -0.4 is 10.6 Å². The highest BCUT2D eigenvalue weighted by atomic mass is 16.2. The predicted octanol–water partition coefficient (Wildman–Crippen LogP) is 2.25. The summed E-state index contributed by atoms with van der Waals surface area (Å²) in [5, 5.41) is 6.18. The normalized spacial score (nSPS) is 12.5. The summed E-state index contributed by atoms with van der Waals surface area (Å²) >= 11 is 0. The Labute approximate surface area is 110 Å². The molecule has 1 unspecified atom stereocenters. The smallest absolute Gasteiger partial charge is 0.236 e. The summed E-state index contributed by atoms with van der Waals surface area (Å²) in [5.74, 6) is 0.551. The standard InChI is InChI=1S/C15H24N2O/c1-11(2)9-17-15(18)13(4)16-10-14-8-6-5-7-12(14)3/h5-8,11,13,16H,9-10H2,1-4H3,(H,17,18). The van der Waals surface area contributed by atoms with Crippen molar-refractivity contribution in [2.75, 3.05) is 6.54 Å². The lowest BCUT2D eigenvalue weighted by Crippen LogP contribution is -2.43. The van der Waals surface area contributed by atoms with E-state index in [0.717, 1.165) is 13.1 Å². The molecular formula is C15H24N2O. The zero-order valence-corrected chi connectivity index (χ0v) is 11.8. The number of rotatable bonds is 6. The molecule has 0 heterocycles. The van der Waals surface area contributed by atoms with Crippen LogP contribution in [0.5, 0.6) is 0 Å². The highest BCUT2D eigenvalue weighted by Crippen LogP contribution is 2.06. The minimum atomic E-state index is -0.164. The predicted molar refractivity (Wildman–Crippen MR) is 75.3 cm³/mol. The molecule has 2 N–H and O–H groups in total. The lowest BCUT2D eigenvalue weighted by atomic mass is 10.1. The van der Waals surface area contributed by atoms with Crippen LogP contribution in [-0.2, 0) is 11.3 Å². The third-order valence-corrected chi connectivity index (χ3v) is 2.94. The summed E-state index contributed by atoms with van der Waals surface area (Å²) < 4.78 is 0. The molecule has 0 saturated carbocycles. The number of amides is 1. The van der Waals surface area contributed by atoms with Gasteiger partial charge in [0.1, 0.15) is 0 Å². The molecule has 0 fully saturated rings. The number of benzene rings is 1. The monoisotopic (exact) mass is 248 g/mol. The molecule has 0 spiro atoms. The third kappa shape index (κ3) is 4.88. The number of hydrogen-bond donors (Lipinski definition) is 2. The molecule has 1 rings (SSSR count). The van der Waals surface area contributed by atoms with Gasteiger partial charge in [0.15, 0.2) is 0 Å². The lowest BCUT2D eigenvalue weighted by Gasteiger charge is -2.16. The molecule has 0 aromatic heterocycles. The van der Waals surface area contributed by atoms with Crippen LogP contribution >= 0.6 is 0 Å². The third-order valence-electron chi connectivity index (χ3n) is 2.94. The average Bonchev–Trinajstić information content (AvgIpc) is 2.34. The minimum absolute atomic E-state index is 0.0669. The fourth-order valence-electron chi connectivity index (χ4n) is 1.62. The molecule has 1 atom stereocenters. The molecule has 18 heavy (non-hydrogen) atoms. The van der Waals surface area contributed by atoms with E-state index in [4.69, 9.17) is 0 Å². The van der Waals surface area contributed by atoms with Crippen molar-refractivity contribution in [1.29, 1.82) is 0 Å². The van der Waals surface area contributed by atoms with Gasteiger partial charge in [0, 0.05) is 13.1 Å². The lowest BCUT2D eigenvalue weighted by molar-refractivity contribution is -0.122. The highest BCUT2D eigenvalue weighted by molar-refractivity contribution is 5.81. The molecule has 0 saturated heterocycles. The Bertz CT molecular complexity index is 388. The van der Waals surface area contributed by atoms with Gasteiger partial charge in [0.25, 0.3) is 0 Å². The van der Waals surface area contributed by atoms with E-state index in [9.17, 15) is 4.79 Å². The first-order valence-corrected chi connectivity index (χ1v) is 6.56. The highest BCUT2D eigenvalue weighted by Gasteiger charge is 2.12. The van der Waals surface area contributed by atoms with Gasteiger partial charge in [-0.15, -0.1) is 0 Å². The molecule has 0 aliphatic heterocycles. The molecule has 0 aliphatic rings. The van der Waals surface area contributed by atoms with Gasteiger partial charge in [-0.1, -0.05) is 38.1 Å². The van der Waals surface area contributed by atoms with E-state index in [0.29, 0.717) is 5.92 Å². The molecule has 0 bridgehead atoms. The molecule has 3 nitrogen and oxygen atoms in total. The van der Waals surface area contributed by atoms with E-state index in [-0.39, 0.29) is 11.9 Å². The number of carbonyl (C=O) groups is 1. The maximum absolute atomic E-state index is 11.8. The van der Waals surface area contributed by atoms with Crippen LogP contribution in [0.4, 0.5) is 0 Å². The summed E-state index contributed by atoms with van der Waals surface area (Å²) in [6.45, 7) is 9.62. The van der Waals surface area contributed by atoms with Gasteiger partial charge in [-0.05, 0) is 30.9 Å². The van der Waals surface area contributed by atoms with Gasteiger partial charge in [-0.25, -0.2) is 0 Å². The zero-order valence-electron chi connectivity index (χ0n) is 11.8. The molecule has 0 radical (unpaired) electrons. The number of aryl methyl sites for hydroxylation is 1. The SMILES string of the molecule is Cc1ccccc1CNC(C)C(=O)NCC(C)C. The Morgan fingerprint density at radius 2 is 1.89 bits per heavy atom. The fraction of sp³-hybridized carbons (Fsp3) is 0.533. The second-order valence-electron chi connectivity index (χ2n) is 5.17. The minimum Gasteiger partial charge on any atom is -0.354 e. The quantitative estimate of drug-likeness (QED) is 0.810. The first kappa shape index (κ1) is 14.7. The van der Waals surface area contributed by atoms with Crippen LogP contribution in [0.15, 0.2) is 24.3 Å². The van der Waals surface area contributed by atoms with Crippen LogP contribution in [0.25, 0.3) is 0 Å². The van der Waals surface area contributed by atoms with Gasteiger partial charge in [0.2, 0.25) is 5.91 Å². The Morgan fingerprint density at radius 3 is 2.50 bits per heavy atom. The summed E-state index contributed by atoms with van der Waals surface area (Å²) in [7, 11) is 0. The summed E-state index contributed by atoms with van der Waals surface area (Å²) in [4.78, 5) is 11.8. The molecule has 1 aromatic rings. The van der Waals surface area contributed by atoms with Crippen molar-refractivity contribution in [3.05, 3.63) is 35.4 Å². The van der Waals surface area contributed by atoms with Crippen molar-refractivity contribution in [2.45, 2.75) is 40.3 Å². The van der Waals surface area contributed by atoms with Crippen molar-refractivity contribution in [3.8, 4) is 0 Å². The van der Waals surface area contributed by atoms with Crippen molar-refractivity contribution >= 4 is 5.91 Å². The van der Waals surface area contributed by atoms with Crippen molar-refractivity contribution < 1.29 is 4.79 Å². The Kier molecular flexibility index (Phi) is 5.86. The largest absolute Gasteiger partial charge is 0.354 e. The second-order valence-corrected chi connectivity index (χ2v) is 5.17. The van der Waals surface area contributed by atoms with Crippen molar-refractivity contribution in [2.24, 2.45) is 5.92 Å². The Hall–Kier alpha value is -1.35. The molecule has 100 valence electrons. The van der Waals surface area contributed by atoms with Gasteiger partial charge >= 0.3 is 0 Å². The maximum atomic E-state index is 11.8. The average molecular weight is 248 g/mol. The first-order valence-electron chi connectivity index (χ1n) is 6.56. The van der Waals surface area contributed by atoms with Crippen LogP contribution in [0.2, 0.25) is 0 Å². The van der Waals surface area contributed by atoms with Gasteiger partial charge in [0.05, 0.1) is 6.04 Å². The topological polar surface area (TPSA) is 41.1 Å². The second kappa shape index (κ2) is 7.17. The van der Waals surface area contributed by atoms with Crippen molar-refractivity contribution in [3.63, 3.8) is 0 Å². The molecule has 3 heteroatoms. The van der Waals surface area contributed by atoms with Gasteiger partial charge in [-0.3, -0.25) is 4.79 Å². The molecular weight excluding hydrogens is 224 g/mol. The molecule has 0 aliphatic carbocycles. The van der Waals surface area contributed by atoms with Gasteiger partial charge < -0.3 is 10.6 Å². The van der Waals surface area contributed by atoms with Gasteiger partial charge in [-0.2, -0.15) is 0 Å². The van der Waals surface area contributed by atoms with E-state index in [1.165, 1.54) is 11.1 Å². The molecule has 1 amide bonds. The maximum Gasteiger partial charge on any atom is 0.236 e. The van der Waals surface area contributed by atoms with E-state index in [1.807, 2.05) is 19.1 Å². The first-order chi connectivity index (χ1) is 8.50. The van der Waals surface area contributed by atoms with Crippen LogP contribution in [-0.4, -0.2) is 18.5 Å².